The number of nitrogens with one attached hydrogen (secondary N) is 1. The fourth-order valence-corrected chi connectivity index (χ4v) is 1.46. The van der Waals surface area contributed by atoms with Gasteiger partial charge in [0, 0.05) is 5.75 Å². The molecule has 40 valence electrons. The third-order valence-electron chi connectivity index (χ3n) is 0.836. The normalized spacial score (nSPS) is 21.4. The zero-order chi connectivity index (χ0) is 5.11. The number of hydrogen-bond acceptors (Lipinski definition) is 2. The van der Waals surface area contributed by atoms with E-state index in [2.05, 4.69) is 4.72 Å². The molecule has 0 bridgehead atoms. The van der Waals surface area contributed by atoms with E-state index in [0.29, 0.717) is 0 Å². The molecule has 7 heavy (non-hydrogen) atoms. The lowest BCUT2D eigenvalue weighted by Crippen LogP contribution is -2.18. The average molecular weight is 133 g/mol. The molecule has 0 spiro atoms. The van der Waals surface area contributed by atoms with Crippen molar-refractivity contribution in [3.63, 3.8) is 0 Å². The Morgan fingerprint density at radius 2 is 2.57 bits per heavy atom. The van der Waals surface area contributed by atoms with Gasteiger partial charge in [-0.15, -0.1) is 0 Å². The van der Waals surface area contributed by atoms with Gasteiger partial charge >= 0.3 is 0 Å². The zero-order valence-corrected chi connectivity index (χ0v) is 5.57. The Balaban J connectivity index is 2.25. The Morgan fingerprint density at radius 1 is 1.71 bits per heavy atom. The summed E-state index contributed by atoms with van der Waals surface area (Å²) in [6.07, 6.45) is 2.33. The van der Waals surface area contributed by atoms with Crippen molar-refractivity contribution in [3.8, 4) is 0 Å². The van der Waals surface area contributed by atoms with E-state index >= 15 is 0 Å². The first-order valence-electron chi connectivity index (χ1n) is 2.30. The van der Waals surface area contributed by atoms with Gasteiger partial charge < -0.3 is 4.72 Å². The summed E-state index contributed by atoms with van der Waals surface area (Å²) in [6.45, 7) is 0. The Morgan fingerprint density at radius 3 is 2.86 bits per heavy atom. The second-order valence-electron chi connectivity index (χ2n) is 1.48. The van der Waals surface area contributed by atoms with Gasteiger partial charge in [-0.25, -0.2) is 0 Å². The van der Waals surface area contributed by atoms with Crippen LogP contribution in [0.15, 0.2) is 0 Å². The maximum absolute atomic E-state index is 4.87. The second-order valence-corrected chi connectivity index (χ2v) is 2.87. The minimum Gasteiger partial charge on any atom is -0.324 e. The van der Waals surface area contributed by atoms with Crippen LogP contribution >= 0.6 is 24.2 Å². The third-order valence-corrected chi connectivity index (χ3v) is 2.16. The zero-order valence-electron chi connectivity index (χ0n) is 3.94. The van der Waals surface area contributed by atoms with Crippen molar-refractivity contribution in [2.75, 3.05) is 5.75 Å². The van der Waals surface area contributed by atoms with Crippen LogP contribution in [-0.4, -0.2) is 10.7 Å². The molecule has 1 heterocycles. The smallest absolute Gasteiger partial charge is 0.0852 e. The molecule has 0 aliphatic carbocycles. The molecule has 0 saturated carbocycles. The topological polar surface area (TPSA) is 12.0 Å². The average Bonchev–Trinajstić information content (AvgIpc) is 1.69. The molecular formula is C4H7NS2. The highest BCUT2D eigenvalue weighted by atomic mass is 32.2. The van der Waals surface area contributed by atoms with E-state index in [4.69, 9.17) is 12.2 Å². The Hall–Kier alpha value is 0.240. The largest absolute Gasteiger partial charge is 0.324 e. The van der Waals surface area contributed by atoms with Crippen LogP contribution in [0.5, 0.6) is 0 Å². The van der Waals surface area contributed by atoms with Gasteiger partial charge in [0.25, 0.3) is 0 Å². The second kappa shape index (κ2) is 2.52. The Bertz CT molecular complexity index is 73.8. The molecule has 1 N–H and O–H groups in total. The highest BCUT2D eigenvalue weighted by Crippen LogP contribution is 2.07. The molecule has 1 aliphatic heterocycles. The van der Waals surface area contributed by atoms with Gasteiger partial charge in [-0.2, -0.15) is 0 Å². The van der Waals surface area contributed by atoms with Crippen LogP contribution in [0.3, 0.4) is 0 Å². The van der Waals surface area contributed by atoms with E-state index in [1.54, 1.807) is 11.9 Å². The van der Waals surface area contributed by atoms with E-state index in [-0.39, 0.29) is 0 Å². The summed E-state index contributed by atoms with van der Waals surface area (Å²) in [5.41, 5.74) is 0. The summed E-state index contributed by atoms with van der Waals surface area (Å²) < 4.78 is 3.03. The highest BCUT2D eigenvalue weighted by Gasteiger charge is 2.01. The monoisotopic (exact) mass is 133 g/mol. The summed E-state index contributed by atoms with van der Waals surface area (Å²) in [5, 5.41) is 0. The molecule has 1 saturated heterocycles. The Kier molecular flexibility index (Phi) is 1.94. The number of hydrogen-bond donors (Lipinski definition) is 1. The van der Waals surface area contributed by atoms with Crippen molar-refractivity contribution in [3.05, 3.63) is 0 Å². The molecule has 0 aromatic carbocycles. The van der Waals surface area contributed by atoms with Crippen LogP contribution in [0.25, 0.3) is 0 Å². The van der Waals surface area contributed by atoms with Gasteiger partial charge in [-0.05, 0) is 12.8 Å². The summed E-state index contributed by atoms with van der Waals surface area (Å²) in [5.74, 6) is 1.21. The van der Waals surface area contributed by atoms with Gasteiger partial charge in [0.15, 0.2) is 0 Å². The van der Waals surface area contributed by atoms with E-state index in [0.717, 1.165) is 11.4 Å². The highest BCUT2D eigenvalue weighted by molar-refractivity contribution is 7.99. The predicted molar refractivity (Wildman–Crippen MR) is 37.4 cm³/mol. The molecule has 0 amide bonds. The molecule has 1 rings (SSSR count). The molecule has 3 heteroatoms. The fourth-order valence-electron chi connectivity index (χ4n) is 0.487. The van der Waals surface area contributed by atoms with Gasteiger partial charge in [-0.1, -0.05) is 24.2 Å². The van der Waals surface area contributed by atoms with Crippen LogP contribution in [0.1, 0.15) is 12.8 Å². The number of thiocarbonyl (C=S) groups is 1. The molecule has 0 aromatic rings. The number of rotatable bonds is 0. The predicted octanol–water partition coefficient (Wildman–Crippen LogP) is 1.35. The molecule has 0 unspecified atom stereocenters. The van der Waals surface area contributed by atoms with E-state index in [9.17, 15) is 0 Å². The van der Waals surface area contributed by atoms with Crippen molar-refractivity contribution in [2.45, 2.75) is 12.8 Å². The van der Waals surface area contributed by atoms with Crippen LogP contribution in [0, 0.1) is 0 Å². The van der Waals surface area contributed by atoms with Crippen LogP contribution in [0.2, 0.25) is 0 Å². The van der Waals surface area contributed by atoms with E-state index < -0.39 is 0 Å². The molecule has 1 fully saturated rings. The minimum absolute atomic E-state index is 1.01. The molecule has 0 atom stereocenters. The van der Waals surface area contributed by atoms with Crippen molar-refractivity contribution < 1.29 is 0 Å². The lowest BCUT2D eigenvalue weighted by molar-refractivity contribution is 0.981. The van der Waals surface area contributed by atoms with E-state index in [1.807, 2.05) is 0 Å². The fraction of sp³-hybridized carbons (Fsp3) is 0.750. The van der Waals surface area contributed by atoms with Crippen LogP contribution < -0.4 is 4.72 Å². The van der Waals surface area contributed by atoms with Crippen LogP contribution in [-0.2, 0) is 0 Å². The van der Waals surface area contributed by atoms with Gasteiger partial charge in [-0.3, -0.25) is 0 Å². The standard InChI is InChI=1S/C4H7NS2/c6-4-2-1-3-7-5-4/h1-3H2,(H,5,6). The summed E-state index contributed by atoms with van der Waals surface area (Å²) in [4.78, 5) is 1.01. The first kappa shape index (κ1) is 5.38. The summed E-state index contributed by atoms with van der Waals surface area (Å²) in [7, 11) is 0. The van der Waals surface area contributed by atoms with Gasteiger partial charge in [0.1, 0.15) is 0 Å². The summed E-state index contributed by atoms with van der Waals surface area (Å²) in [6, 6.07) is 0. The maximum Gasteiger partial charge on any atom is 0.0852 e. The summed E-state index contributed by atoms with van der Waals surface area (Å²) >= 11 is 6.59. The first-order chi connectivity index (χ1) is 3.39. The molecule has 1 aliphatic rings. The van der Waals surface area contributed by atoms with Crippen LogP contribution in [0.4, 0.5) is 0 Å². The van der Waals surface area contributed by atoms with E-state index in [1.165, 1.54) is 12.2 Å². The van der Waals surface area contributed by atoms with Gasteiger partial charge in [0.2, 0.25) is 0 Å². The van der Waals surface area contributed by atoms with Gasteiger partial charge in [0.05, 0.1) is 4.99 Å². The molecular weight excluding hydrogens is 126 g/mol. The van der Waals surface area contributed by atoms with Crippen molar-refractivity contribution >= 4 is 29.2 Å². The maximum atomic E-state index is 4.87. The molecule has 1 nitrogen and oxygen atoms in total. The SMILES string of the molecule is S=C1CCCSN1. The minimum atomic E-state index is 1.01. The lowest BCUT2D eigenvalue weighted by atomic mass is 10.3. The van der Waals surface area contributed by atoms with Crippen molar-refractivity contribution in [1.29, 1.82) is 0 Å². The third kappa shape index (κ3) is 1.65. The Labute approximate surface area is 53.0 Å². The van der Waals surface area contributed by atoms with Crippen molar-refractivity contribution in [1.82, 2.24) is 4.72 Å². The molecule has 0 radical (unpaired) electrons. The van der Waals surface area contributed by atoms with Crippen molar-refractivity contribution in [2.24, 2.45) is 0 Å². The lowest BCUT2D eigenvalue weighted by Gasteiger charge is -2.10. The quantitative estimate of drug-likeness (QED) is 0.395. The molecule has 0 aromatic heterocycles. The first-order valence-corrected chi connectivity index (χ1v) is 3.69.